The third-order valence-corrected chi connectivity index (χ3v) is 5.60. The number of methoxy groups -OCH3 is 1. The molecule has 7 nitrogen and oxygen atoms in total. The van der Waals surface area contributed by atoms with E-state index < -0.39 is 12.0 Å². The van der Waals surface area contributed by atoms with E-state index in [1.807, 2.05) is 0 Å². The molecule has 2 N–H and O–H groups in total. The molecule has 2 unspecified atom stereocenters. The summed E-state index contributed by atoms with van der Waals surface area (Å²) in [7, 11) is 1.94. The Hall–Kier alpha value is -1.02. The number of carbonyl (C=O) groups is 3. The maximum absolute atomic E-state index is 12.0. The van der Waals surface area contributed by atoms with Crippen LogP contribution in [0.15, 0.2) is 11.3 Å². The summed E-state index contributed by atoms with van der Waals surface area (Å²) in [6.45, 7) is -0.0453. The molecule has 10 heteroatoms. The van der Waals surface area contributed by atoms with Crippen LogP contribution in [0, 0.1) is 0 Å². The van der Waals surface area contributed by atoms with Crippen molar-refractivity contribution in [3.05, 3.63) is 11.3 Å². The Morgan fingerprint density at radius 3 is 2.91 bits per heavy atom. The highest BCUT2D eigenvalue weighted by Crippen LogP contribution is 2.39. The third kappa shape index (κ3) is 3.32. The van der Waals surface area contributed by atoms with Crippen molar-refractivity contribution in [3.63, 3.8) is 0 Å². The van der Waals surface area contributed by atoms with E-state index in [1.54, 1.807) is 0 Å². The molecule has 2 heterocycles. The predicted molar refractivity (Wildman–Crippen MR) is 84.8 cm³/mol. The van der Waals surface area contributed by atoms with Gasteiger partial charge in [0.2, 0.25) is 5.91 Å². The molecule has 0 aromatic rings. The van der Waals surface area contributed by atoms with Gasteiger partial charge in [-0.25, -0.2) is 4.79 Å². The van der Waals surface area contributed by atoms with Gasteiger partial charge in [-0.3, -0.25) is 14.5 Å². The summed E-state index contributed by atoms with van der Waals surface area (Å²) in [5, 5.41) is -0.264. The van der Waals surface area contributed by atoms with E-state index in [-0.39, 0.29) is 36.0 Å². The highest BCUT2D eigenvalue weighted by molar-refractivity contribution is 8.00. The Morgan fingerprint density at radius 2 is 2.27 bits per heavy atom. The van der Waals surface area contributed by atoms with Crippen LogP contribution in [-0.2, 0) is 35.7 Å². The van der Waals surface area contributed by atoms with Crippen LogP contribution in [0.3, 0.4) is 0 Å². The van der Waals surface area contributed by atoms with Crippen molar-refractivity contribution in [3.8, 4) is 0 Å². The lowest BCUT2D eigenvalue weighted by atomic mass is 10.0. The van der Waals surface area contributed by atoms with Crippen molar-refractivity contribution in [1.82, 2.24) is 4.90 Å². The normalized spacial score (nSPS) is 23.9. The Labute approximate surface area is 138 Å². The predicted octanol–water partition coefficient (Wildman–Crippen LogP) is -0.00270. The van der Waals surface area contributed by atoms with Crippen LogP contribution in [0.1, 0.15) is 6.42 Å². The van der Waals surface area contributed by atoms with E-state index in [2.05, 4.69) is 0 Å². The second kappa shape index (κ2) is 7.50. The number of carbonyl (C=O) groups excluding carboxylic acids is 3. The Kier molecular flexibility index (Phi) is 5.91. The number of hydrogen-bond donors (Lipinski definition) is 1. The standard InChI is InChI=1S/C12H15N2O5PS2/c1-18-12(17)9-6(4-19-7(15)2-3-20-21)5-22-11-8(13)10(16)14(9)11/h8,11H,2-5,13H2,1H3. The topological polar surface area (TPSA) is 98.9 Å². The molecule has 2 atom stereocenters. The van der Waals surface area contributed by atoms with E-state index in [9.17, 15) is 14.4 Å². The lowest BCUT2D eigenvalue weighted by Crippen LogP contribution is -2.68. The molecule has 0 saturated carbocycles. The van der Waals surface area contributed by atoms with Gasteiger partial charge in [-0.05, 0) is 7.36 Å². The van der Waals surface area contributed by atoms with Gasteiger partial charge >= 0.3 is 11.9 Å². The van der Waals surface area contributed by atoms with Gasteiger partial charge in [0.1, 0.15) is 23.7 Å². The smallest absolute Gasteiger partial charge is 0.354 e. The van der Waals surface area contributed by atoms with Crippen molar-refractivity contribution in [2.45, 2.75) is 17.8 Å². The number of nitrogens with zero attached hydrogens (tertiary/aromatic N) is 1. The maximum Gasteiger partial charge on any atom is 0.354 e. The second-order valence-corrected chi connectivity index (χ2v) is 7.23. The molecule has 0 aliphatic carbocycles. The van der Waals surface area contributed by atoms with Crippen LogP contribution in [0.5, 0.6) is 0 Å². The summed E-state index contributed by atoms with van der Waals surface area (Å²) in [6, 6.07) is -0.611. The Balaban J connectivity index is 2.13. The number of ether oxygens (including phenoxy) is 2. The Morgan fingerprint density at radius 1 is 1.55 bits per heavy atom. The monoisotopic (exact) mass is 362 g/mol. The van der Waals surface area contributed by atoms with E-state index in [1.165, 1.54) is 23.8 Å². The molecule has 1 fully saturated rings. The van der Waals surface area contributed by atoms with Crippen molar-refractivity contribution in [1.29, 1.82) is 0 Å². The Bertz CT molecular complexity index is 554. The van der Waals surface area contributed by atoms with Crippen molar-refractivity contribution in [2.24, 2.45) is 5.73 Å². The molecular formula is C12H15N2O5PS2. The first kappa shape index (κ1) is 17.3. The first-order valence-corrected chi connectivity index (χ1v) is 9.60. The molecule has 0 radical (unpaired) electrons. The SMILES string of the molecule is COC(=O)C1=C(COC(=O)CCP=S)CSC2C(N)C(=O)N12. The molecule has 22 heavy (non-hydrogen) atoms. The zero-order chi connectivity index (χ0) is 16.3. The van der Waals surface area contributed by atoms with Gasteiger partial charge in [-0.15, -0.1) is 11.8 Å². The first-order chi connectivity index (χ1) is 10.5. The number of nitrogens with two attached hydrogens (primary N) is 1. The number of fused-ring (bicyclic) bond motifs is 1. The molecule has 2 aliphatic heterocycles. The van der Waals surface area contributed by atoms with Crippen LogP contribution in [-0.4, -0.2) is 59.8 Å². The highest BCUT2D eigenvalue weighted by atomic mass is 32.4. The number of esters is 2. The fourth-order valence-electron chi connectivity index (χ4n) is 2.15. The quantitative estimate of drug-likeness (QED) is 0.400. The fraction of sp³-hybridized carbons (Fsp3) is 0.583. The summed E-state index contributed by atoms with van der Waals surface area (Å²) < 4.78 is 9.87. The summed E-state index contributed by atoms with van der Waals surface area (Å²) >= 11 is 6.18. The maximum atomic E-state index is 12.0. The number of thioether (sulfide) groups is 1. The molecule has 2 aliphatic rings. The molecule has 0 spiro atoms. The lowest BCUT2D eigenvalue weighted by Gasteiger charge is -2.48. The average molecular weight is 362 g/mol. The van der Waals surface area contributed by atoms with Crippen LogP contribution in [0.2, 0.25) is 0 Å². The van der Waals surface area contributed by atoms with Crippen molar-refractivity contribution >= 4 is 48.8 Å². The van der Waals surface area contributed by atoms with E-state index in [0.717, 1.165) is 0 Å². The molecule has 0 aromatic carbocycles. The minimum absolute atomic E-state index is 0.0453. The largest absolute Gasteiger partial charge is 0.464 e. The number of hydrogen-bond acceptors (Lipinski definition) is 8. The zero-order valence-electron chi connectivity index (χ0n) is 11.8. The van der Waals surface area contributed by atoms with Crippen molar-refractivity contribution in [2.75, 3.05) is 25.6 Å². The number of β-lactam (4-membered cyclic amide) rings is 1. The average Bonchev–Trinajstić information content (AvgIpc) is 2.55. The minimum Gasteiger partial charge on any atom is -0.464 e. The zero-order valence-corrected chi connectivity index (χ0v) is 14.3. The van der Waals surface area contributed by atoms with Gasteiger partial charge in [0.15, 0.2) is 0 Å². The fourth-order valence-corrected chi connectivity index (χ4v) is 3.97. The molecule has 120 valence electrons. The second-order valence-electron chi connectivity index (χ2n) is 4.64. The number of amides is 1. The van der Waals surface area contributed by atoms with Crippen molar-refractivity contribution < 1.29 is 23.9 Å². The molecule has 0 bridgehead atoms. The van der Waals surface area contributed by atoms with E-state index in [4.69, 9.17) is 27.0 Å². The molecular weight excluding hydrogens is 347 g/mol. The van der Waals surface area contributed by atoms with Gasteiger partial charge in [0.05, 0.1) is 13.5 Å². The lowest BCUT2D eigenvalue weighted by molar-refractivity contribution is -0.149. The molecule has 0 aromatic heterocycles. The molecule has 1 amide bonds. The molecule has 1 saturated heterocycles. The summed E-state index contributed by atoms with van der Waals surface area (Å²) in [5.74, 6) is -0.876. The summed E-state index contributed by atoms with van der Waals surface area (Å²) in [4.78, 5) is 36.7. The van der Waals surface area contributed by atoms with Gasteiger partial charge < -0.3 is 15.2 Å². The van der Waals surface area contributed by atoms with E-state index >= 15 is 0 Å². The van der Waals surface area contributed by atoms with Crippen LogP contribution >= 0.6 is 19.1 Å². The third-order valence-electron chi connectivity index (χ3n) is 3.28. The van der Waals surface area contributed by atoms with Gasteiger partial charge in [0, 0.05) is 17.5 Å². The van der Waals surface area contributed by atoms with Gasteiger partial charge in [0.25, 0.3) is 0 Å². The van der Waals surface area contributed by atoms with Crippen LogP contribution in [0.25, 0.3) is 0 Å². The van der Waals surface area contributed by atoms with E-state index in [0.29, 0.717) is 24.8 Å². The minimum atomic E-state index is -0.624. The first-order valence-electron chi connectivity index (χ1n) is 6.46. The molecule has 2 rings (SSSR count). The van der Waals surface area contributed by atoms with Gasteiger partial charge in [-0.2, -0.15) is 0 Å². The number of rotatable bonds is 6. The summed E-state index contributed by atoms with van der Waals surface area (Å²) in [5.41, 5.74) is 6.42. The summed E-state index contributed by atoms with van der Waals surface area (Å²) in [6.07, 6.45) is 0.780. The van der Waals surface area contributed by atoms with Crippen LogP contribution in [0.4, 0.5) is 0 Å². The highest BCUT2D eigenvalue weighted by Gasteiger charge is 2.52. The van der Waals surface area contributed by atoms with Gasteiger partial charge in [-0.1, -0.05) is 11.8 Å². The van der Waals surface area contributed by atoms with Crippen LogP contribution < -0.4 is 5.73 Å².